The number of alkyl halides is 2. The Kier molecular flexibility index (Phi) is 7.72. The molecule has 0 aliphatic rings. The first-order valence-corrected chi connectivity index (χ1v) is 10.7. The van der Waals surface area contributed by atoms with Gasteiger partial charge in [0.2, 0.25) is 9.84 Å². The number of hydrogen-bond donors (Lipinski definition) is 1. The molecule has 1 N–H and O–H groups in total. The van der Waals surface area contributed by atoms with E-state index in [1.807, 2.05) is 12.1 Å². The lowest BCUT2D eigenvalue weighted by Gasteiger charge is -2.19. The highest BCUT2D eigenvalue weighted by Crippen LogP contribution is 2.24. The Labute approximate surface area is 179 Å². The van der Waals surface area contributed by atoms with Gasteiger partial charge in [0, 0.05) is 5.69 Å². The topological polar surface area (TPSA) is 98.8 Å². The van der Waals surface area contributed by atoms with Crippen molar-refractivity contribution in [2.75, 3.05) is 18.5 Å². The Hall–Kier alpha value is -3.01. The van der Waals surface area contributed by atoms with Crippen molar-refractivity contribution in [3.05, 3.63) is 54.1 Å². The van der Waals surface area contributed by atoms with E-state index in [2.05, 4.69) is 26.1 Å². The normalized spacial score (nSPS) is 11.8. The first kappa shape index (κ1) is 24.3. The molecule has 0 saturated carbocycles. The number of rotatable bonds is 8. The Morgan fingerprint density at radius 1 is 0.968 bits per heavy atom. The molecule has 0 atom stereocenters. The van der Waals surface area contributed by atoms with Gasteiger partial charge >= 0.3 is 11.7 Å². The van der Waals surface area contributed by atoms with Crippen molar-refractivity contribution < 1.29 is 36.3 Å². The summed E-state index contributed by atoms with van der Waals surface area (Å²) in [6.07, 6.45) is 0. The second-order valence-corrected chi connectivity index (χ2v) is 9.52. The molecule has 2 rings (SSSR count). The summed E-state index contributed by atoms with van der Waals surface area (Å²) in [4.78, 5) is 23.0. The Bertz CT molecular complexity index is 1010. The maximum Gasteiger partial charge on any atom is 0.344 e. The molecule has 0 aliphatic heterocycles. The van der Waals surface area contributed by atoms with Crippen molar-refractivity contribution in [2.24, 2.45) is 0 Å². The first-order chi connectivity index (χ1) is 14.4. The lowest BCUT2D eigenvalue weighted by molar-refractivity contribution is -0.149. The van der Waals surface area contributed by atoms with Gasteiger partial charge in [-0.25, -0.2) is 13.2 Å². The average Bonchev–Trinajstić information content (AvgIpc) is 2.70. The minimum Gasteiger partial charge on any atom is -0.482 e. The van der Waals surface area contributed by atoms with E-state index in [-0.39, 0.29) is 17.7 Å². The van der Waals surface area contributed by atoms with Crippen molar-refractivity contribution in [1.29, 1.82) is 0 Å². The van der Waals surface area contributed by atoms with Crippen molar-refractivity contribution >= 4 is 27.4 Å². The third-order valence-electron chi connectivity index (χ3n) is 4.14. The lowest BCUT2D eigenvalue weighted by atomic mass is 9.87. The molecule has 0 radical (unpaired) electrons. The minimum absolute atomic E-state index is 0.0116. The van der Waals surface area contributed by atoms with Gasteiger partial charge < -0.3 is 14.8 Å². The molecule has 1 amide bonds. The Morgan fingerprint density at radius 3 is 2.06 bits per heavy atom. The van der Waals surface area contributed by atoms with Crippen LogP contribution in [0.4, 0.5) is 14.5 Å². The molecule has 168 valence electrons. The zero-order valence-electron chi connectivity index (χ0n) is 17.2. The molecule has 0 unspecified atom stereocenters. The zero-order chi connectivity index (χ0) is 23.2. The molecule has 2 aromatic rings. The molecule has 0 bridgehead atoms. The van der Waals surface area contributed by atoms with Crippen LogP contribution in [0.3, 0.4) is 0 Å². The fourth-order valence-electron chi connectivity index (χ4n) is 2.41. The fourth-order valence-corrected chi connectivity index (χ4v) is 3.13. The van der Waals surface area contributed by atoms with Gasteiger partial charge in [0.15, 0.2) is 13.2 Å². The summed E-state index contributed by atoms with van der Waals surface area (Å²) in [5.74, 6) is -4.50. The van der Waals surface area contributed by atoms with Crippen molar-refractivity contribution in [3.8, 4) is 5.75 Å². The zero-order valence-corrected chi connectivity index (χ0v) is 18.0. The van der Waals surface area contributed by atoms with Crippen LogP contribution in [-0.4, -0.2) is 39.3 Å². The van der Waals surface area contributed by atoms with Crippen molar-refractivity contribution in [1.82, 2.24) is 0 Å². The molecular weight excluding hydrogens is 432 g/mol. The molecule has 0 fully saturated rings. The monoisotopic (exact) mass is 455 g/mol. The van der Waals surface area contributed by atoms with Gasteiger partial charge in [-0.05, 0) is 47.4 Å². The number of nitrogens with one attached hydrogen (secondary N) is 1. The second kappa shape index (κ2) is 9.86. The molecule has 0 spiro atoms. The van der Waals surface area contributed by atoms with Gasteiger partial charge in [-0.3, -0.25) is 4.79 Å². The highest BCUT2D eigenvalue weighted by Gasteiger charge is 2.26. The summed E-state index contributed by atoms with van der Waals surface area (Å²) in [6.45, 7) is 5.24. The van der Waals surface area contributed by atoms with Gasteiger partial charge in [0.05, 0.1) is 4.90 Å². The number of carbonyl (C=O) groups is 2. The van der Waals surface area contributed by atoms with Crippen LogP contribution in [0, 0.1) is 0 Å². The number of sulfone groups is 1. The number of ether oxygens (including phenoxy) is 2. The van der Waals surface area contributed by atoms with Gasteiger partial charge in [-0.1, -0.05) is 32.9 Å². The third-order valence-corrected chi connectivity index (χ3v) is 5.54. The number of amides is 1. The number of hydrogen-bond acceptors (Lipinski definition) is 6. The van der Waals surface area contributed by atoms with Crippen LogP contribution in [0.25, 0.3) is 0 Å². The van der Waals surface area contributed by atoms with E-state index in [0.717, 1.165) is 29.8 Å². The number of benzene rings is 2. The van der Waals surface area contributed by atoms with Gasteiger partial charge in [-0.2, -0.15) is 8.78 Å². The van der Waals surface area contributed by atoms with Gasteiger partial charge in [0.1, 0.15) is 5.75 Å². The van der Waals surface area contributed by atoms with Crippen LogP contribution in [0.1, 0.15) is 26.3 Å². The van der Waals surface area contributed by atoms with Crippen LogP contribution < -0.4 is 10.1 Å². The highest BCUT2D eigenvalue weighted by molar-refractivity contribution is 7.91. The predicted octanol–water partition coefficient (Wildman–Crippen LogP) is 3.54. The quantitative estimate of drug-likeness (QED) is 0.612. The summed E-state index contributed by atoms with van der Waals surface area (Å²) in [5, 5.41) is 2.36. The van der Waals surface area contributed by atoms with Crippen molar-refractivity contribution in [2.45, 2.75) is 36.8 Å². The molecule has 7 nitrogen and oxygen atoms in total. The second-order valence-electron chi connectivity index (χ2n) is 7.60. The van der Waals surface area contributed by atoms with E-state index in [0.29, 0.717) is 5.75 Å². The number of halogens is 2. The molecule has 0 aromatic heterocycles. The predicted molar refractivity (Wildman–Crippen MR) is 110 cm³/mol. The average molecular weight is 455 g/mol. The van der Waals surface area contributed by atoms with Crippen LogP contribution in [-0.2, 0) is 29.6 Å². The minimum atomic E-state index is -4.71. The van der Waals surface area contributed by atoms with Gasteiger partial charge in [-0.15, -0.1) is 0 Å². The number of esters is 1. The summed E-state index contributed by atoms with van der Waals surface area (Å²) < 4.78 is 57.9. The maximum atomic E-state index is 12.5. The SMILES string of the molecule is CC(C)(C)c1ccc(OCC(=O)OCC(=O)Nc2ccc(S(=O)(=O)C(F)F)cc2)cc1. The summed E-state index contributed by atoms with van der Waals surface area (Å²) in [7, 11) is -4.71. The Morgan fingerprint density at radius 2 is 1.55 bits per heavy atom. The van der Waals surface area contributed by atoms with E-state index in [4.69, 9.17) is 9.47 Å². The van der Waals surface area contributed by atoms with Crippen LogP contribution >= 0.6 is 0 Å². The molecule has 0 heterocycles. The smallest absolute Gasteiger partial charge is 0.344 e. The molecule has 2 aromatic carbocycles. The summed E-state index contributed by atoms with van der Waals surface area (Å²) in [5.41, 5.74) is 1.26. The van der Waals surface area contributed by atoms with E-state index >= 15 is 0 Å². The van der Waals surface area contributed by atoms with E-state index in [9.17, 15) is 26.8 Å². The summed E-state index contributed by atoms with van der Waals surface area (Å²) >= 11 is 0. The number of anilines is 1. The molecular formula is C21H23F2NO6S. The van der Waals surface area contributed by atoms with Crippen LogP contribution in [0.15, 0.2) is 53.4 Å². The van der Waals surface area contributed by atoms with Crippen molar-refractivity contribution in [3.63, 3.8) is 0 Å². The highest BCUT2D eigenvalue weighted by atomic mass is 32.2. The van der Waals surface area contributed by atoms with E-state index in [1.54, 1.807) is 12.1 Å². The Balaban J connectivity index is 1.79. The molecule has 10 heteroatoms. The maximum absolute atomic E-state index is 12.5. The molecule has 0 aliphatic carbocycles. The first-order valence-electron chi connectivity index (χ1n) is 9.20. The molecule has 0 saturated heterocycles. The third kappa shape index (κ3) is 7.02. The lowest BCUT2D eigenvalue weighted by Crippen LogP contribution is -2.23. The van der Waals surface area contributed by atoms with E-state index < -0.39 is 39.0 Å². The van der Waals surface area contributed by atoms with Crippen LogP contribution in [0.5, 0.6) is 5.75 Å². The van der Waals surface area contributed by atoms with E-state index in [1.165, 1.54) is 0 Å². The number of carbonyl (C=O) groups excluding carboxylic acids is 2. The standard InChI is InChI=1S/C21H23F2NO6S/c1-21(2,3)14-4-8-16(9-5-14)29-13-19(26)30-12-18(25)24-15-6-10-17(11-7-15)31(27,28)20(22)23/h4-11,20H,12-13H2,1-3H3,(H,24,25). The fraction of sp³-hybridized carbons (Fsp3) is 0.333. The molecule has 31 heavy (non-hydrogen) atoms. The van der Waals surface area contributed by atoms with Gasteiger partial charge in [0.25, 0.3) is 5.91 Å². The van der Waals surface area contributed by atoms with Crippen LogP contribution in [0.2, 0.25) is 0 Å². The largest absolute Gasteiger partial charge is 0.482 e. The summed E-state index contributed by atoms with van der Waals surface area (Å²) in [6, 6.07) is 11.5.